The molecule has 3 nitrogen and oxygen atoms in total. The van der Waals surface area contributed by atoms with E-state index in [-0.39, 0.29) is 0 Å². The molecule has 0 aromatic carbocycles. The standard InChI is InChI=1S/C9H20N2OS/c1-3-4-5-6-13-8(2)7-9(10)11-12/h8,12H,3-7H2,1-2H3,(H2,10,11). The monoisotopic (exact) mass is 204 g/mol. The van der Waals surface area contributed by atoms with Crippen molar-refractivity contribution in [3.8, 4) is 0 Å². The fourth-order valence-corrected chi connectivity index (χ4v) is 2.09. The van der Waals surface area contributed by atoms with Crippen LogP contribution in [0.15, 0.2) is 5.16 Å². The Morgan fingerprint density at radius 1 is 1.54 bits per heavy atom. The van der Waals surface area contributed by atoms with Gasteiger partial charge in [-0.05, 0) is 12.2 Å². The molecule has 78 valence electrons. The lowest BCUT2D eigenvalue weighted by atomic mass is 10.3. The van der Waals surface area contributed by atoms with Gasteiger partial charge in [-0.3, -0.25) is 0 Å². The quantitative estimate of drug-likeness (QED) is 0.220. The third-order valence-electron chi connectivity index (χ3n) is 1.78. The van der Waals surface area contributed by atoms with Crippen LogP contribution in [0.25, 0.3) is 0 Å². The van der Waals surface area contributed by atoms with E-state index in [1.165, 1.54) is 25.0 Å². The molecule has 0 spiro atoms. The molecule has 0 aliphatic rings. The number of thioether (sulfide) groups is 1. The molecule has 1 unspecified atom stereocenters. The Kier molecular flexibility index (Phi) is 7.99. The summed E-state index contributed by atoms with van der Waals surface area (Å²) in [5, 5.41) is 11.8. The summed E-state index contributed by atoms with van der Waals surface area (Å²) in [7, 11) is 0. The van der Waals surface area contributed by atoms with Crippen LogP contribution < -0.4 is 5.73 Å². The Morgan fingerprint density at radius 2 is 2.23 bits per heavy atom. The summed E-state index contributed by atoms with van der Waals surface area (Å²) in [4.78, 5) is 0. The average Bonchev–Trinajstić information content (AvgIpc) is 2.12. The van der Waals surface area contributed by atoms with Gasteiger partial charge in [0.15, 0.2) is 0 Å². The normalized spacial score (nSPS) is 14.5. The number of unbranched alkanes of at least 4 members (excludes halogenated alkanes) is 2. The van der Waals surface area contributed by atoms with Crippen molar-refractivity contribution in [2.45, 2.75) is 44.8 Å². The van der Waals surface area contributed by atoms with Crippen LogP contribution in [0.5, 0.6) is 0 Å². The summed E-state index contributed by atoms with van der Waals surface area (Å²) < 4.78 is 0. The first-order valence-electron chi connectivity index (χ1n) is 4.78. The van der Waals surface area contributed by atoms with Crippen LogP contribution in [0.1, 0.15) is 39.5 Å². The van der Waals surface area contributed by atoms with Crippen molar-refractivity contribution < 1.29 is 5.21 Å². The van der Waals surface area contributed by atoms with Crippen LogP contribution in [0.4, 0.5) is 0 Å². The molecule has 0 radical (unpaired) electrons. The average molecular weight is 204 g/mol. The van der Waals surface area contributed by atoms with Crippen LogP contribution >= 0.6 is 11.8 Å². The summed E-state index contributed by atoms with van der Waals surface area (Å²) in [6.07, 6.45) is 4.49. The van der Waals surface area contributed by atoms with Crippen molar-refractivity contribution in [1.82, 2.24) is 0 Å². The van der Waals surface area contributed by atoms with E-state index < -0.39 is 0 Å². The van der Waals surface area contributed by atoms with Gasteiger partial charge in [0.05, 0.1) is 0 Å². The van der Waals surface area contributed by atoms with Crippen molar-refractivity contribution in [3.05, 3.63) is 0 Å². The van der Waals surface area contributed by atoms with Crippen molar-refractivity contribution >= 4 is 17.6 Å². The summed E-state index contributed by atoms with van der Waals surface area (Å²) in [6.45, 7) is 4.30. The molecular formula is C9H20N2OS. The van der Waals surface area contributed by atoms with Gasteiger partial charge in [0.2, 0.25) is 0 Å². The van der Waals surface area contributed by atoms with Crippen LogP contribution in [-0.4, -0.2) is 22.0 Å². The Balaban J connectivity index is 3.35. The van der Waals surface area contributed by atoms with Gasteiger partial charge >= 0.3 is 0 Å². The Morgan fingerprint density at radius 3 is 2.77 bits per heavy atom. The van der Waals surface area contributed by atoms with Crippen molar-refractivity contribution in [1.29, 1.82) is 0 Å². The molecule has 0 fully saturated rings. The van der Waals surface area contributed by atoms with E-state index in [9.17, 15) is 0 Å². The zero-order valence-electron chi connectivity index (χ0n) is 8.49. The van der Waals surface area contributed by atoms with Crippen molar-refractivity contribution in [2.24, 2.45) is 10.9 Å². The third kappa shape index (κ3) is 7.96. The number of rotatable bonds is 7. The molecule has 0 saturated heterocycles. The molecule has 0 bridgehead atoms. The SMILES string of the molecule is CCCCCSC(C)CC(N)=NO. The number of hydrogen-bond donors (Lipinski definition) is 2. The lowest BCUT2D eigenvalue weighted by molar-refractivity contribution is 0.317. The summed E-state index contributed by atoms with van der Waals surface area (Å²) in [5.41, 5.74) is 5.39. The van der Waals surface area contributed by atoms with Crippen LogP contribution in [-0.2, 0) is 0 Å². The van der Waals surface area contributed by atoms with E-state index in [4.69, 9.17) is 10.9 Å². The van der Waals surface area contributed by atoms with Crippen LogP contribution in [0, 0.1) is 0 Å². The second-order valence-electron chi connectivity index (χ2n) is 3.18. The van der Waals surface area contributed by atoms with E-state index >= 15 is 0 Å². The summed E-state index contributed by atoms with van der Waals surface area (Å²) in [5.74, 6) is 1.50. The number of nitrogens with zero attached hydrogens (tertiary/aromatic N) is 1. The minimum atomic E-state index is 0.329. The predicted octanol–water partition coefficient (Wildman–Crippen LogP) is 2.43. The van der Waals surface area contributed by atoms with Gasteiger partial charge in [-0.15, -0.1) is 0 Å². The third-order valence-corrected chi connectivity index (χ3v) is 3.04. The molecular weight excluding hydrogens is 184 g/mol. The maximum absolute atomic E-state index is 8.35. The number of nitrogens with two attached hydrogens (primary N) is 1. The summed E-state index contributed by atoms with van der Waals surface area (Å²) in [6, 6.07) is 0. The highest BCUT2D eigenvalue weighted by molar-refractivity contribution is 7.99. The fourth-order valence-electron chi connectivity index (χ4n) is 1.03. The van der Waals surface area contributed by atoms with E-state index in [2.05, 4.69) is 19.0 Å². The predicted molar refractivity (Wildman–Crippen MR) is 59.5 cm³/mol. The van der Waals surface area contributed by atoms with Gasteiger partial charge in [-0.1, -0.05) is 31.8 Å². The topological polar surface area (TPSA) is 58.6 Å². The van der Waals surface area contributed by atoms with E-state index in [0.29, 0.717) is 17.5 Å². The Bertz CT molecular complexity index is 151. The Hall–Kier alpha value is -0.380. The molecule has 0 aliphatic carbocycles. The molecule has 1 atom stereocenters. The molecule has 0 aliphatic heterocycles. The second kappa shape index (κ2) is 8.23. The molecule has 13 heavy (non-hydrogen) atoms. The maximum Gasteiger partial charge on any atom is 0.140 e. The first-order chi connectivity index (χ1) is 6.20. The molecule has 3 N–H and O–H groups in total. The van der Waals surface area contributed by atoms with Gasteiger partial charge in [-0.25, -0.2) is 0 Å². The number of amidine groups is 1. The van der Waals surface area contributed by atoms with Crippen LogP contribution in [0.2, 0.25) is 0 Å². The lowest BCUT2D eigenvalue weighted by Gasteiger charge is -2.09. The van der Waals surface area contributed by atoms with Crippen LogP contribution in [0.3, 0.4) is 0 Å². The van der Waals surface area contributed by atoms with Gasteiger partial charge in [0.25, 0.3) is 0 Å². The minimum Gasteiger partial charge on any atom is -0.409 e. The molecule has 0 aromatic heterocycles. The van der Waals surface area contributed by atoms with Crippen molar-refractivity contribution in [3.63, 3.8) is 0 Å². The fraction of sp³-hybridized carbons (Fsp3) is 0.889. The molecule has 0 rings (SSSR count). The smallest absolute Gasteiger partial charge is 0.140 e. The second-order valence-corrected chi connectivity index (χ2v) is 4.73. The summed E-state index contributed by atoms with van der Waals surface area (Å²) >= 11 is 1.89. The van der Waals surface area contributed by atoms with Gasteiger partial charge in [0.1, 0.15) is 5.84 Å². The van der Waals surface area contributed by atoms with E-state index in [0.717, 1.165) is 0 Å². The highest BCUT2D eigenvalue weighted by Gasteiger charge is 2.04. The maximum atomic E-state index is 8.35. The molecule has 4 heteroatoms. The Labute approximate surface area is 84.8 Å². The minimum absolute atomic E-state index is 0.329. The van der Waals surface area contributed by atoms with Crippen molar-refractivity contribution in [2.75, 3.05) is 5.75 Å². The van der Waals surface area contributed by atoms with Gasteiger partial charge in [0, 0.05) is 11.7 Å². The van der Waals surface area contributed by atoms with Gasteiger partial charge in [-0.2, -0.15) is 11.8 Å². The first-order valence-corrected chi connectivity index (χ1v) is 5.83. The number of oxime groups is 1. The highest BCUT2D eigenvalue weighted by atomic mass is 32.2. The van der Waals surface area contributed by atoms with E-state index in [1.807, 2.05) is 11.8 Å². The lowest BCUT2D eigenvalue weighted by Crippen LogP contribution is -2.16. The zero-order valence-corrected chi connectivity index (χ0v) is 9.31. The highest BCUT2D eigenvalue weighted by Crippen LogP contribution is 2.15. The first kappa shape index (κ1) is 12.6. The zero-order chi connectivity index (χ0) is 10.1. The molecule has 0 heterocycles. The largest absolute Gasteiger partial charge is 0.409 e. The molecule has 0 saturated carbocycles. The molecule has 0 aromatic rings. The number of hydrogen-bond acceptors (Lipinski definition) is 3. The molecule has 0 amide bonds. The van der Waals surface area contributed by atoms with Gasteiger partial charge < -0.3 is 10.9 Å². The van der Waals surface area contributed by atoms with E-state index in [1.54, 1.807) is 0 Å².